The summed E-state index contributed by atoms with van der Waals surface area (Å²) in [5, 5.41) is 18.6. The molecule has 0 saturated carbocycles. The van der Waals surface area contributed by atoms with Crippen LogP contribution in [0.25, 0.3) is 17.1 Å². The number of carbonyl (C=O) groups excluding carboxylic acids is 1. The largest absolute Gasteiger partial charge is 0.344 e. The topological polar surface area (TPSA) is 74.8 Å². The number of halogens is 1. The first-order chi connectivity index (χ1) is 13.6. The van der Waals surface area contributed by atoms with Gasteiger partial charge in [0.2, 0.25) is 5.91 Å². The Kier molecular flexibility index (Phi) is 6.69. The molecule has 6 nitrogen and oxygen atoms in total. The lowest BCUT2D eigenvalue weighted by Crippen LogP contribution is -2.29. The van der Waals surface area contributed by atoms with Gasteiger partial charge in [-0.15, -0.1) is 10.2 Å². The zero-order valence-electron chi connectivity index (χ0n) is 15.2. The average molecular weight is 412 g/mol. The summed E-state index contributed by atoms with van der Waals surface area (Å²) in [5.74, 6) is 0.833. The van der Waals surface area contributed by atoms with Crippen molar-refractivity contribution in [1.82, 2.24) is 19.7 Å². The highest BCUT2D eigenvalue weighted by atomic mass is 35.5. The van der Waals surface area contributed by atoms with E-state index in [1.165, 1.54) is 11.8 Å². The van der Waals surface area contributed by atoms with Crippen LogP contribution in [-0.4, -0.2) is 44.9 Å². The molecule has 0 N–H and O–H groups in total. The Morgan fingerprint density at radius 2 is 1.89 bits per heavy atom. The number of aromatic nitrogens is 3. The lowest BCUT2D eigenvalue weighted by molar-refractivity contribution is -0.127. The normalized spacial score (nSPS) is 10.5. The highest BCUT2D eigenvalue weighted by Crippen LogP contribution is 2.28. The van der Waals surface area contributed by atoms with Gasteiger partial charge in [-0.25, -0.2) is 0 Å². The van der Waals surface area contributed by atoms with E-state index in [1.54, 1.807) is 24.1 Å². The third kappa shape index (κ3) is 4.71. The Bertz CT molecular complexity index is 982. The van der Waals surface area contributed by atoms with Crippen LogP contribution < -0.4 is 0 Å². The van der Waals surface area contributed by atoms with E-state index in [0.717, 1.165) is 11.3 Å². The van der Waals surface area contributed by atoms with Gasteiger partial charge < -0.3 is 4.90 Å². The van der Waals surface area contributed by atoms with Crippen molar-refractivity contribution in [3.05, 3.63) is 59.6 Å². The third-order valence-electron chi connectivity index (χ3n) is 4.06. The second-order valence-electron chi connectivity index (χ2n) is 6.00. The van der Waals surface area contributed by atoms with Crippen molar-refractivity contribution in [3.63, 3.8) is 0 Å². The van der Waals surface area contributed by atoms with Crippen LogP contribution in [0.4, 0.5) is 0 Å². The molecule has 2 aromatic carbocycles. The maximum absolute atomic E-state index is 12.3. The van der Waals surface area contributed by atoms with Crippen LogP contribution in [0.3, 0.4) is 0 Å². The number of nitrogens with zero attached hydrogens (tertiary/aromatic N) is 5. The number of thioether (sulfide) groups is 1. The zero-order chi connectivity index (χ0) is 19.9. The fourth-order valence-corrected chi connectivity index (χ4v) is 3.56. The molecule has 1 amide bonds. The molecule has 0 atom stereocenters. The van der Waals surface area contributed by atoms with E-state index in [1.807, 2.05) is 53.1 Å². The van der Waals surface area contributed by atoms with Crippen LogP contribution >= 0.6 is 23.4 Å². The summed E-state index contributed by atoms with van der Waals surface area (Å²) < 4.78 is 1.93. The van der Waals surface area contributed by atoms with Crippen molar-refractivity contribution in [2.45, 2.75) is 11.6 Å². The fourth-order valence-electron chi connectivity index (χ4n) is 2.54. The molecule has 142 valence electrons. The van der Waals surface area contributed by atoms with Gasteiger partial charge in [0, 0.05) is 29.9 Å². The Morgan fingerprint density at radius 3 is 2.57 bits per heavy atom. The predicted octanol–water partition coefficient (Wildman–Crippen LogP) is 4.05. The first kappa shape index (κ1) is 19.9. The smallest absolute Gasteiger partial charge is 0.232 e. The van der Waals surface area contributed by atoms with Gasteiger partial charge >= 0.3 is 0 Å². The van der Waals surface area contributed by atoms with Crippen molar-refractivity contribution in [2.75, 3.05) is 19.3 Å². The fraction of sp³-hybridized carbons (Fsp3) is 0.200. The molecule has 8 heteroatoms. The molecular formula is C20H18ClN5OS. The lowest BCUT2D eigenvalue weighted by Gasteiger charge is -2.15. The molecule has 0 radical (unpaired) electrons. The molecule has 0 spiro atoms. The standard InChI is InChI=1S/C20H18ClN5OS/c1-25(13-5-12-22)18(27)14-28-20-24-23-19(15-8-10-16(21)11-9-15)26(20)17-6-3-2-4-7-17/h2-4,6-11H,5,13-14H2,1H3. The molecule has 1 aromatic heterocycles. The zero-order valence-corrected chi connectivity index (χ0v) is 16.8. The van der Waals surface area contributed by atoms with Crippen LogP contribution in [0.2, 0.25) is 5.02 Å². The number of carbonyl (C=O) groups is 1. The summed E-state index contributed by atoms with van der Waals surface area (Å²) >= 11 is 7.32. The van der Waals surface area contributed by atoms with Crippen LogP contribution in [0, 0.1) is 11.3 Å². The molecule has 0 bridgehead atoms. The molecule has 3 aromatic rings. The third-order valence-corrected chi connectivity index (χ3v) is 5.23. The molecule has 0 aliphatic rings. The predicted molar refractivity (Wildman–Crippen MR) is 110 cm³/mol. The summed E-state index contributed by atoms with van der Waals surface area (Å²) in [5.41, 5.74) is 1.79. The van der Waals surface area contributed by atoms with Crippen LogP contribution in [0.15, 0.2) is 59.8 Å². The van der Waals surface area contributed by atoms with Crippen LogP contribution in [0.1, 0.15) is 6.42 Å². The van der Waals surface area contributed by atoms with Crippen molar-refractivity contribution in [3.8, 4) is 23.1 Å². The second-order valence-corrected chi connectivity index (χ2v) is 7.38. The summed E-state index contributed by atoms with van der Waals surface area (Å²) in [4.78, 5) is 13.9. The summed E-state index contributed by atoms with van der Waals surface area (Å²) in [6.45, 7) is 0.414. The molecule has 0 aliphatic heterocycles. The highest BCUT2D eigenvalue weighted by molar-refractivity contribution is 7.99. The van der Waals surface area contributed by atoms with Crippen molar-refractivity contribution >= 4 is 29.3 Å². The van der Waals surface area contributed by atoms with Crippen molar-refractivity contribution in [2.24, 2.45) is 0 Å². The quantitative estimate of drug-likeness (QED) is 0.548. The molecule has 3 rings (SSSR count). The summed E-state index contributed by atoms with van der Waals surface area (Å²) in [6.07, 6.45) is 0.313. The number of hydrogen-bond acceptors (Lipinski definition) is 5. The minimum Gasteiger partial charge on any atom is -0.344 e. The number of rotatable bonds is 7. The number of para-hydroxylation sites is 1. The van der Waals surface area contributed by atoms with Gasteiger partial charge in [0.25, 0.3) is 0 Å². The van der Waals surface area contributed by atoms with E-state index in [4.69, 9.17) is 16.9 Å². The minimum atomic E-state index is -0.0593. The number of amides is 1. The van der Waals surface area contributed by atoms with E-state index in [-0.39, 0.29) is 11.7 Å². The van der Waals surface area contributed by atoms with Crippen molar-refractivity contribution in [1.29, 1.82) is 5.26 Å². The van der Waals surface area contributed by atoms with E-state index in [2.05, 4.69) is 10.2 Å². The Morgan fingerprint density at radius 1 is 1.18 bits per heavy atom. The van der Waals surface area contributed by atoms with Crippen LogP contribution in [-0.2, 0) is 4.79 Å². The van der Waals surface area contributed by atoms with E-state index < -0.39 is 0 Å². The van der Waals surface area contributed by atoms with Crippen molar-refractivity contribution < 1.29 is 4.79 Å². The molecule has 0 fully saturated rings. The number of hydrogen-bond donors (Lipinski definition) is 0. The Labute approximate surface area is 172 Å². The molecule has 0 unspecified atom stereocenters. The van der Waals surface area contributed by atoms with E-state index in [0.29, 0.717) is 29.0 Å². The minimum absolute atomic E-state index is 0.0593. The molecule has 0 saturated heterocycles. The monoisotopic (exact) mass is 411 g/mol. The van der Waals surface area contributed by atoms with E-state index >= 15 is 0 Å². The van der Waals surface area contributed by atoms with Crippen LogP contribution in [0.5, 0.6) is 0 Å². The summed E-state index contributed by atoms with van der Waals surface area (Å²) in [6, 6.07) is 19.2. The molecular weight excluding hydrogens is 394 g/mol. The highest BCUT2D eigenvalue weighted by Gasteiger charge is 2.18. The van der Waals surface area contributed by atoms with Gasteiger partial charge in [-0.1, -0.05) is 41.6 Å². The first-order valence-corrected chi connectivity index (χ1v) is 9.97. The maximum atomic E-state index is 12.3. The molecule has 0 aliphatic carbocycles. The average Bonchev–Trinajstić information content (AvgIpc) is 3.15. The first-order valence-electron chi connectivity index (χ1n) is 8.60. The Hall–Kier alpha value is -2.82. The van der Waals surface area contributed by atoms with Gasteiger partial charge in [-0.2, -0.15) is 5.26 Å². The van der Waals surface area contributed by atoms with Gasteiger partial charge in [-0.3, -0.25) is 9.36 Å². The SMILES string of the molecule is CN(CCC#N)C(=O)CSc1nnc(-c2ccc(Cl)cc2)n1-c1ccccc1. The Balaban J connectivity index is 1.88. The molecule has 1 heterocycles. The van der Waals surface area contributed by atoms with Gasteiger partial charge in [0.1, 0.15) is 0 Å². The maximum Gasteiger partial charge on any atom is 0.232 e. The van der Waals surface area contributed by atoms with Gasteiger partial charge in [0.05, 0.1) is 18.2 Å². The van der Waals surface area contributed by atoms with Gasteiger partial charge in [0.15, 0.2) is 11.0 Å². The lowest BCUT2D eigenvalue weighted by atomic mass is 10.2. The summed E-state index contributed by atoms with van der Waals surface area (Å²) in [7, 11) is 1.70. The molecule has 28 heavy (non-hydrogen) atoms. The number of nitriles is 1. The van der Waals surface area contributed by atoms with E-state index in [9.17, 15) is 4.79 Å². The van der Waals surface area contributed by atoms with Gasteiger partial charge in [-0.05, 0) is 36.4 Å². The number of benzene rings is 2. The second kappa shape index (κ2) is 9.40.